The predicted octanol–water partition coefficient (Wildman–Crippen LogP) is 2.16. The molecular formula is C19H28N2O5S. The lowest BCUT2D eigenvalue weighted by atomic mass is 9.97. The summed E-state index contributed by atoms with van der Waals surface area (Å²) in [6.07, 6.45) is 2.71. The topological polar surface area (TPSA) is 84.9 Å². The van der Waals surface area contributed by atoms with Gasteiger partial charge < -0.3 is 14.8 Å². The second-order valence-corrected chi connectivity index (χ2v) is 9.09. The van der Waals surface area contributed by atoms with E-state index in [0.717, 1.165) is 12.8 Å². The average Bonchev–Trinajstić information content (AvgIpc) is 2.92. The third-order valence-electron chi connectivity index (χ3n) is 5.18. The van der Waals surface area contributed by atoms with Crippen LogP contribution in [-0.2, 0) is 14.8 Å². The first-order valence-electron chi connectivity index (χ1n) is 9.62. The molecule has 0 saturated carbocycles. The molecule has 2 aliphatic rings. The van der Waals surface area contributed by atoms with E-state index >= 15 is 0 Å². The zero-order valence-electron chi connectivity index (χ0n) is 15.9. The normalized spacial score (nSPS) is 19.9. The van der Waals surface area contributed by atoms with Gasteiger partial charge in [0, 0.05) is 37.5 Å². The average molecular weight is 397 g/mol. The molecule has 2 heterocycles. The van der Waals surface area contributed by atoms with Gasteiger partial charge in [0.2, 0.25) is 15.9 Å². The van der Waals surface area contributed by atoms with Crippen LogP contribution in [0.4, 0.5) is 0 Å². The number of amides is 1. The van der Waals surface area contributed by atoms with Crippen molar-refractivity contribution in [3.8, 4) is 11.5 Å². The molecule has 0 unspecified atom stereocenters. The van der Waals surface area contributed by atoms with Crippen LogP contribution in [0.3, 0.4) is 0 Å². The number of hydrogen-bond donors (Lipinski definition) is 1. The van der Waals surface area contributed by atoms with Gasteiger partial charge in [-0.2, -0.15) is 4.31 Å². The van der Waals surface area contributed by atoms with Gasteiger partial charge in [-0.1, -0.05) is 6.92 Å². The molecule has 0 bridgehead atoms. The lowest BCUT2D eigenvalue weighted by Crippen LogP contribution is -2.44. The molecule has 1 fully saturated rings. The lowest BCUT2D eigenvalue weighted by Gasteiger charge is -2.31. The van der Waals surface area contributed by atoms with Crippen molar-refractivity contribution in [3.05, 3.63) is 18.2 Å². The fourth-order valence-electron chi connectivity index (χ4n) is 3.27. The van der Waals surface area contributed by atoms with Crippen molar-refractivity contribution in [3.63, 3.8) is 0 Å². The van der Waals surface area contributed by atoms with Crippen LogP contribution in [0.5, 0.6) is 11.5 Å². The van der Waals surface area contributed by atoms with E-state index in [1.165, 1.54) is 10.4 Å². The SMILES string of the molecule is CC[C@@H](C)NC(=O)C1CCN(S(=O)(=O)c2ccc3c(c2)OCCCO3)CC1. The predicted molar refractivity (Wildman–Crippen MR) is 101 cm³/mol. The number of nitrogens with zero attached hydrogens (tertiary/aromatic N) is 1. The number of carbonyl (C=O) groups excluding carboxylic acids is 1. The summed E-state index contributed by atoms with van der Waals surface area (Å²) < 4.78 is 38.6. The molecular weight excluding hydrogens is 368 g/mol. The number of fused-ring (bicyclic) bond motifs is 1. The van der Waals surface area contributed by atoms with Crippen LogP contribution in [0.2, 0.25) is 0 Å². The summed E-state index contributed by atoms with van der Waals surface area (Å²) in [6.45, 7) is 5.75. The highest BCUT2D eigenvalue weighted by Gasteiger charge is 2.33. The Morgan fingerprint density at radius 3 is 2.56 bits per heavy atom. The van der Waals surface area contributed by atoms with E-state index in [9.17, 15) is 13.2 Å². The summed E-state index contributed by atoms with van der Waals surface area (Å²) in [6, 6.07) is 4.89. The van der Waals surface area contributed by atoms with Crippen molar-refractivity contribution >= 4 is 15.9 Å². The van der Waals surface area contributed by atoms with Crippen molar-refractivity contribution in [1.82, 2.24) is 9.62 Å². The number of sulfonamides is 1. The van der Waals surface area contributed by atoms with Crippen LogP contribution in [0.15, 0.2) is 23.1 Å². The van der Waals surface area contributed by atoms with Gasteiger partial charge in [-0.25, -0.2) is 8.42 Å². The first kappa shape index (κ1) is 19.9. The first-order valence-corrected chi connectivity index (χ1v) is 11.1. The van der Waals surface area contributed by atoms with Gasteiger partial charge in [0.1, 0.15) is 0 Å². The Balaban J connectivity index is 1.67. The second kappa shape index (κ2) is 8.48. The molecule has 2 aliphatic heterocycles. The Morgan fingerprint density at radius 2 is 1.89 bits per heavy atom. The fourth-order valence-corrected chi connectivity index (χ4v) is 4.76. The van der Waals surface area contributed by atoms with E-state index in [1.807, 2.05) is 13.8 Å². The van der Waals surface area contributed by atoms with E-state index in [-0.39, 0.29) is 22.8 Å². The van der Waals surface area contributed by atoms with Crippen LogP contribution < -0.4 is 14.8 Å². The maximum atomic E-state index is 13.0. The van der Waals surface area contributed by atoms with E-state index in [0.29, 0.717) is 50.6 Å². The molecule has 1 aromatic carbocycles. The number of benzene rings is 1. The minimum atomic E-state index is -3.62. The number of carbonyl (C=O) groups is 1. The fraction of sp³-hybridized carbons (Fsp3) is 0.632. The number of ether oxygens (including phenoxy) is 2. The summed E-state index contributed by atoms with van der Waals surface area (Å²) in [5.41, 5.74) is 0. The van der Waals surface area contributed by atoms with E-state index in [2.05, 4.69) is 5.32 Å². The molecule has 1 aromatic rings. The second-order valence-electron chi connectivity index (χ2n) is 7.16. The summed E-state index contributed by atoms with van der Waals surface area (Å²) >= 11 is 0. The third-order valence-corrected chi connectivity index (χ3v) is 7.08. The van der Waals surface area contributed by atoms with Gasteiger partial charge in [0.15, 0.2) is 11.5 Å². The van der Waals surface area contributed by atoms with Gasteiger partial charge in [-0.05, 0) is 38.3 Å². The quantitative estimate of drug-likeness (QED) is 0.824. The molecule has 150 valence electrons. The molecule has 0 spiro atoms. The third kappa shape index (κ3) is 4.55. The monoisotopic (exact) mass is 396 g/mol. The molecule has 0 aromatic heterocycles. The molecule has 27 heavy (non-hydrogen) atoms. The Hall–Kier alpha value is -1.80. The Labute approximate surface area is 161 Å². The van der Waals surface area contributed by atoms with Crippen LogP contribution in [0.1, 0.15) is 39.5 Å². The Bertz CT molecular complexity index is 772. The van der Waals surface area contributed by atoms with Crippen molar-refractivity contribution in [2.75, 3.05) is 26.3 Å². The smallest absolute Gasteiger partial charge is 0.243 e. The van der Waals surface area contributed by atoms with Gasteiger partial charge >= 0.3 is 0 Å². The summed E-state index contributed by atoms with van der Waals surface area (Å²) in [4.78, 5) is 12.5. The molecule has 1 atom stereocenters. The standard InChI is InChI=1S/C19H28N2O5S/c1-3-14(2)20-19(22)15-7-9-21(10-8-15)27(23,24)16-5-6-17-18(13-16)26-12-4-11-25-17/h5-6,13-15H,3-4,7-12H2,1-2H3,(H,20,22)/t14-/m1/s1. The molecule has 1 N–H and O–H groups in total. The minimum Gasteiger partial charge on any atom is -0.490 e. The van der Waals surface area contributed by atoms with Gasteiger partial charge in [0.05, 0.1) is 18.1 Å². The van der Waals surface area contributed by atoms with E-state index in [4.69, 9.17) is 9.47 Å². The number of rotatable bonds is 5. The molecule has 1 amide bonds. The van der Waals surface area contributed by atoms with Gasteiger partial charge in [-0.15, -0.1) is 0 Å². The molecule has 8 heteroatoms. The highest BCUT2D eigenvalue weighted by atomic mass is 32.2. The Morgan fingerprint density at radius 1 is 1.22 bits per heavy atom. The summed E-state index contributed by atoms with van der Waals surface area (Å²) in [5.74, 6) is 0.939. The molecule has 0 aliphatic carbocycles. The minimum absolute atomic E-state index is 0.0250. The van der Waals surface area contributed by atoms with Crippen molar-refractivity contribution in [1.29, 1.82) is 0 Å². The number of hydrogen-bond acceptors (Lipinski definition) is 5. The lowest BCUT2D eigenvalue weighted by molar-refractivity contribution is -0.126. The highest BCUT2D eigenvalue weighted by molar-refractivity contribution is 7.89. The molecule has 0 radical (unpaired) electrons. The first-order chi connectivity index (χ1) is 12.9. The zero-order valence-corrected chi connectivity index (χ0v) is 16.8. The van der Waals surface area contributed by atoms with Gasteiger partial charge in [-0.3, -0.25) is 4.79 Å². The highest BCUT2D eigenvalue weighted by Crippen LogP contribution is 2.33. The molecule has 7 nitrogen and oxygen atoms in total. The number of piperidine rings is 1. The summed E-state index contributed by atoms with van der Waals surface area (Å²) in [5, 5.41) is 2.99. The maximum Gasteiger partial charge on any atom is 0.243 e. The van der Waals surface area contributed by atoms with E-state index < -0.39 is 10.0 Å². The van der Waals surface area contributed by atoms with Crippen LogP contribution in [0, 0.1) is 5.92 Å². The molecule has 3 rings (SSSR count). The maximum absolute atomic E-state index is 13.0. The van der Waals surface area contributed by atoms with Crippen LogP contribution in [0.25, 0.3) is 0 Å². The van der Waals surface area contributed by atoms with E-state index in [1.54, 1.807) is 12.1 Å². The van der Waals surface area contributed by atoms with Crippen molar-refractivity contribution in [2.24, 2.45) is 5.92 Å². The number of nitrogens with one attached hydrogen (secondary N) is 1. The zero-order chi connectivity index (χ0) is 19.4. The van der Waals surface area contributed by atoms with Gasteiger partial charge in [0.25, 0.3) is 0 Å². The summed E-state index contributed by atoms with van der Waals surface area (Å²) in [7, 11) is -3.62. The van der Waals surface area contributed by atoms with Crippen LogP contribution in [-0.4, -0.2) is 51.0 Å². The molecule has 1 saturated heterocycles. The van der Waals surface area contributed by atoms with Crippen molar-refractivity contribution < 1.29 is 22.7 Å². The Kier molecular flexibility index (Phi) is 6.26. The largest absolute Gasteiger partial charge is 0.490 e. The van der Waals surface area contributed by atoms with Crippen molar-refractivity contribution in [2.45, 2.75) is 50.5 Å². The van der Waals surface area contributed by atoms with Crippen LogP contribution >= 0.6 is 0 Å².